The smallest absolute Gasteiger partial charge is 0.409 e. The van der Waals surface area contributed by atoms with Crippen molar-refractivity contribution in [2.24, 2.45) is 35.5 Å². The molecule has 0 spiro atoms. The summed E-state index contributed by atoms with van der Waals surface area (Å²) in [6.07, 6.45) is 5.00. The van der Waals surface area contributed by atoms with Gasteiger partial charge in [-0.3, -0.25) is 9.78 Å². The number of aliphatic hydroxyl groups is 1. The Balaban J connectivity index is 0.000000309. The van der Waals surface area contributed by atoms with Crippen LogP contribution in [0.5, 0.6) is 0 Å². The van der Waals surface area contributed by atoms with Crippen LogP contribution in [0.1, 0.15) is 131 Å². The molecule has 0 amide bonds. The first-order valence-corrected chi connectivity index (χ1v) is 21.2. The van der Waals surface area contributed by atoms with E-state index in [1.165, 1.54) is 54.5 Å². The Bertz CT molecular complexity index is 2170. The number of fused-ring (bicyclic) bond motifs is 4. The Morgan fingerprint density at radius 2 is 1.42 bits per heavy atom. The quantitative estimate of drug-likeness (QED) is 0.0908. The summed E-state index contributed by atoms with van der Waals surface area (Å²) < 4.78 is 42.7. The standard InChI is InChI=1S/C31H28F3N2S.C17H32O2.Ir/c1-30(2,3)25-15-21(13-20-14-22(31(32,33)34)10-12-23(20)25)27-29-28(36-17-35-27)24-11-9-19(16-26(24)37-29)18-7-5-4-6-8-18;1-10(2)16(11(3)4)14(18)9-15(19)17(12(5)6)13(7)8;/h9-12,14-18H,4-8H2,1-3H3;9-13,16-18H,1-8H3;/q-1;;/b;14-9-;. The van der Waals surface area contributed by atoms with Crippen LogP contribution in [0.4, 0.5) is 13.2 Å². The first kappa shape index (κ1) is 46.6. The Morgan fingerprint density at radius 3 is 1.98 bits per heavy atom. The molecular formula is C48H60F3IrN2O2S-. The van der Waals surface area contributed by atoms with Gasteiger partial charge in [0, 0.05) is 64.1 Å². The fraction of sp³-hybridized carbons (Fsp3) is 0.521. The second kappa shape index (κ2) is 18.8. The van der Waals surface area contributed by atoms with Crippen molar-refractivity contribution in [1.82, 2.24) is 9.97 Å². The molecule has 1 aliphatic rings. The molecule has 6 rings (SSSR count). The second-order valence-corrected chi connectivity index (χ2v) is 19.2. The van der Waals surface area contributed by atoms with Crippen molar-refractivity contribution in [3.05, 3.63) is 83.4 Å². The maximum absolute atomic E-state index is 13.5. The minimum atomic E-state index is -4.41. The van der Waals surface area contributed by atoms with Crippen molar-refractivity contribution in [2.45, 2.75) is 126 Å². The third kappa shape index (κ3) is 10.7. The number of ketones is 1. The zero-order valence-corrected chi connectivity index (χ0v) is 38.6. The molecule has 1 aliphatic carbocycles. The number of rotatable bonds is 9. The van der Waals surface area contributed by atoms with Gasteiger partial charge in [0.25, 0.3) is 0 Å². The number of benzene rings is 3. The summed E-state index contributed by atoms with van der Waals surface area (Å²) in [6, 6.07) is 16.0. The first-order chi connectivity index (χ1) is 26.2. The normalized spacial score (nSPS) is 14.8. The molecule has 0 aliphatic heterocycles. The Labute approximate surface area is 355 Å². The second-order valence-electron chi connectivity index (χ2n) is 18.2. The van der Waals surface area contributed by atoms with Gasteiger partial charge >= 0.3 is 6.18 Å². The molecule has 4 nitrogen and oxygen atoms in total. The fourth-order valence-electron chi connectivity index (χ4n) is 8.90. The van der Waals surface area contributed by atoms with Gasteiger partial charge in [0.1, 0.15) is 6.33 Å². The number of alkyl halides is 3. The third-order valence-electron chi connectivity index (χ3n) is 11.4. The molecule has 0 bridgehead atoms. The SMILES string of the molecule is CC(C)(C)c1cc(-c2ncnc3c2sc2cc(C4CCCCC4)ccc23)[c-]c2cc(C(F)(F)F)ccc12.CC(C)C(C(=O)/C=C(\O)C(C(C)C)C(C)C)C(C)C.[Ir]. The van der Waals surface area contributed by atoms with E-state index in [1.807, 2.05) is 6.07 Å². The average Bonchev–Trinajstić information content (AvgIpc) is 3.48. The first-order valence-electron chi connectivity index (χ1n) is 20.4. The van der Waals surface area contributed by atoms with E-state index < -0.39 is 11.7 Å². The monoisotopic (exact) mass is 978 g/mol. The molecule has 1 saturated carbocycles. The van der Waals surface area contributed by atoms with Crippen LogP contribution >= 0.6 is 11.3 Å². The molecule has 3 aromatic carbocycles. The molecule has 311 valence electrons. The maximum Gasteiger partial charge on any atom is 0.409 e. The summed E-state index contributed by atoms with van der Waals surface area (Å²) >= 11 is 1.66. The number of aliphatic hydroxyl groups excluding tert-OH is 1. The minimum absolute atomic E-state index is 0. The Morgan fingerprint density at radius 1 is 0.825 bits per heavy atom. The van der Waals surface area contributed by atoms with Crippen LogP contribution in [0.25, 0.3) is 42.3 Å². The van der Waals surface area contributed by atoms with E-state index in [4.69, 9.17) is 0 Å². The van der Waals surface area contributed by atoms with Crippen molar-refractivity contribution in [1.29, 1.82) is 0 Å². The predicted octanol–water partition coefficient (Wildman–Crippen LogP) is 14.7. The van der Waals surface area contributed by atoms with Gasteiger partial charge in [-0.1, -0.05) is 131 Å². The molecule has 0 unspecified atom stereocenters. The molecule has 5 aromatic rings. The molecule has 0 saturated heterocycles. The summed E-state index contributed by atoms with van der Waals surface area (Å²) in [7, 11) is 0. The topological polar surface area (TPSA) is 63.1 Å². The summed E-state index contributed by atoms with van der Waals surface area (Å²) in [5.41, 5.74) is 3.72. The van der Waals surface area contributed by atoms with E-state index in [-0.39, 0.29) is 48.9 Å². The van der Waals surface area contributed by atoms with Crippen LogP contribution < -0.4 is 0 Å². The number of aromatic nitrogens is 2. The number of carbonyl (C=O) groups is 1. The average molecular weight is 978 g/mol. The van der Waals surface area contributed by atoms with Gasteiger partial charge in [-0.2, -0.15) is 13.2 Å². The van der Waals surface area contributed by atoms with Crippen molar-refractivity contribution in [2.75, 3.05) is 0 Å². The fourth-order valence-corrected chi connectivity index (χ4v) is 10.1. The van der Waals surface area contributed by atoms with Crippen LogP contribution in [-0.4, -0.2) is 20.9 Å². The van der Waals surface area contributed by atoms with Gasteiger partial charge in [-0.05, 0) is 59.5 Å². The van der Waals surface area contributed by atoms with E-state index in [0.717, 1.165) is 38.3 Å². The zero-order chi connectivity index (χ0) is 41.3. The molecule has 2 heterocycles. The molecule has 1 fully saturated rings. The van der Waals surface area contributed by atoms with Crippen molar-refractivity contribution >= 4 is 48.2 Å². The minimum Gasteiger partial charge on any atom is -0.512 e. The van der Waals surface area contributed by atoms with Crippen LogP contribution in [0.15, 0.2) is 60.6 Å². The number of allylic oxidation sites excluding steroid dienone is 2. The molecule has 57 heavy (non-hydrogen) atoms. The Kier molecular flexibility index (Phi) is 15.4. The summed E-state index contributed by atoms with van der Waals surface area (Å²) in [6.45, 7) is 22.8. The molecular weight excluding hydrogens is 918 g/mol. The molecule has 0 atom stereocenters. The molecule has 1 radical (unpaired) electrons. The largest absolute Gasteiger partial charge is 0.512 e. The number of hydrogen-bond donors (Lipinski definition) is 1. The summed E-state index contributed by atoms with van der Waals surface area (Å²) in [5.74, 6) is 2.24. The van der Waals surface area contributed by atoms with Crippen LogP contribution in [0.3, 0.4) is 0 Å². The van der Waals surface area contributed by atoms with E-state index in [0.29, 0.717) is 40.5 Å². The van der Waals surface area contributed by atoms with Gasteiger partial charge in [-0.25, -0.2) is 4.98 Å². The van der Waals surface area contributed by atoms with Crippen LogP contribution in [-0.2, 0) is 36.5 Å². The third-order valence-corrected chi connectivity index (χ3v) is 12.6. The van der Waals surface area contributed by atoms with Gasteiger partial charge in [0.15, 0.2) is 5.78 Å². The van der Waals surface area contributed by atoms with E-state index >= 15 is 0 Å². The number of nitrogens with zero attached hydrogens (tertiary/aromatic N) is 2. The van der Waals surface area contributed by atoms with Crippen LogP contribution in [0.2, 0.25) is 0 Å². The number of halogens is 3. The van der Waals surface area contributed by atoms with E-state index in [2.05, 4.69) is 110 Å². The van der Waals surface area contributed by atoms with Crippen molar-refractivity contribution < 1.29 is 43.2 Å². The zero-order valence-electron chi connectivity index (χ0n) is 35.4. The van der Waals surface area contributed by atoms with Gasteiger partial charge < -0.3 is 5.11 Å². The molecule has 2 aromatic heterocycles. The number of hydrogen-bond acceptors (Lipinski definition) is 5. The summed E-state index contributed by atoms with van der Waals surface area (Å²) in [5, 5.41) is 12.6. The van der Waals surface area contributed by atoms with Gasteiger partial charge in [0.05, 0.1) is 11.3 Å². The predicted molar refractivity (Wildman–Crippen MR) is 228 cm³/mol. The van der Waals surface area contributed by atoms with E-state index in [1.54, 1.807) is 23.7 Å². The molecule has 1 N–H and O–H groups in total. The van der Waals surface area contributed by atoms with Crippen molar-refractivity contribution in [3.8, 4) is 11.3 Å². The maximum atomic E-state index is 13.5. The van der Waals surface area contributed by atoms with Crippen LogP contribution in [0, 0.1) is 41.6 Å². The number of carbonyl (C=O) groups excluding carboxylic acids is 1. The Hall–Kier alpha value is -3.13. The van der Waals surface area contributed by atoms with Gasteiger partial charge in [-0.15, -0.1) is 40.5 Å². The molecule has 9 heteroatoms. The van der Waals surface area contributed by atoms with E-state index in [9.17, 15) is 23.1 Å². The summed E-state index contributed by atoms with van der Waals surface area (Å²) in [4.78, 5) is 21.6. The van der Waals surface area contributed by atoms with Crippen molar-refractivity contribution in [3.63, 3.8) is 0 Å². The number of thiophene rings is 1. The van der Waals surface area contributed by atoms with Gasteiger partial charge in [0.2, 0.25) is 0 Å².